The Labute approximate surface area is 121 Å². The Morgan fingerprint density at radius 3 is 2.25 bits per heavy atom. The van der Waals surface area contributed by atoms with Gasteiger partial charge in [-0.2, -0.15) is 0 Å². The number of nitrogens with two attached hydrogens (primary N) is 2. The quantitative estimate of drug-likeness (QED) is 0.650. The lowest BCUT2D eigenvalue weighted by Gasteiger charge is -2.38. The topological polar surface area (TPSA) is 110 Å². The van der Waals surface area contributed by atoms with Gasteiger partial charge in [-0.25, -0.2) is 13.6 Å². The van der Waals surface area contributed by atoms with Crippen LogP contribution in [-0.4, -0.2) is 68.1 Å². The smallest absolute Gasteiger partial charge is 0.242 e. The Morgan fingerprint density at radius 2 is 1.80 bits per heavy atom. The van der Waals surface area contributed by atoms with Crippen LogP contribution in [0.15, 0.2) is 0 Å². The van der Waals surface area contributed by atoms with Gasteiger partial charge >= 0.3 is 0 Å². The first kappa shape index (κ1) is 17.4. The molecule has 4 N–H and O–H groups in total. The second kappa shape index (κ2) is 6.84. The average Bonchev–Trinajstić information content (AvgIpc) is 2.35. The first-order valence-electron chi connectivity index (χ1n) is 6.97. The molecule has 1 aliphatic heterocycles. The van der Waals surface area contributed by atoms with Crippen LogP contribution >= 0.6 is 0 Å². The molecule has 8 heteroatoms. The summed E-state index contributed by atoms with van der Waals surface area (Å²) < 4.78 is 21.8. The molecule has 0 spiro atoms. The summed E-state index contributed by atoms with van der Waals surface area (Å²) in [6.45, 7) is 6.67. The fraction of sp³-hybridized carbons (Fsp3) is 0.917. The van der Waals surface area contributed by atoms with Crippen molar-refractivity contribution in [2.75, 3.05) is 38.5 Å². The summed E-state index contributed by atoms with van der Waals surface area (Å²) in [7, 11) is -3.43. The van der Waals surface area contributed by atoms with Crippen molar-refractivity contribution in [2.45, 2.75) is 32.2 Å². The second-order valence-electron chi connectivity index (χ2n) is 5.67. The number of amides is 1. The minimum atomic E-state index is -3.43. The molecule has 1 saturated heterocycles. The molecule has 0 aromatic rings. The Kier molecular flexibility index (Phi) is 5.93. The highest BCUT2D eigenvalue weighted by molar-refractivity contribution is 7.89. The molecule has 0 aliphatic carbocycles. The second-order valence-corrected chi connectivity index (χ2v) is 7.40. The van der Waals surface area contributed by atoms with E-state index in [1.807, 2.05) is 11.8 Å². The number of hydrogen-bond acceptors (Lipinski definition) is 5. The monoisotopic (exact) mass is 306 g/mol. The molecule has 0 bridgehead atoms. The van der Waals surface area contributed by atoms with Gasteiger partial charge in [0, 0.05) is 32.7 Å². The number of carbonyl (C=O) groups excluding carboxylic acids is 1. The molecule has 0 radical (unpaired) electrons. The highest BCUT2D eigenvalue weighted by Gasteiger charge is 2.33. The lowest BCUT2D eigenvalue weighted by atomic mass is 9.95. The van der Waals surface area contributed by atoms with Crippen molar-refractivity contribution in [3.05, 3.63) is 0 Å². The molecule has 1 rings (SSSR count). The highest BCUT2D eigenvalue weighted by atomic mass is 32.2. The van der Waals surface area contributed by atoms with Gasteiger partial charge in [0.2, 0.25) is 15.9 Å². The number of carbonyl (C=O) groups is 1. The third-order valence-electron chi connectivity index (χ3n) is 3.61. The van der Waals surface area contributed by atoms with Gasteiger partial charge in [0.1, 0.15) is 0 Å². The fourth-order valence-corrected chi connectivity index (χ4v) is 2.93. The zero-order valence-corrected chi connectivity index (χ0v) is 13.2. The van der Waals surface area contributed by atoms with E-state index in [0.717, 1.165) is 6.42 Å². The lowest BCUT2D eigenvalue weighted by Crippen LogP contribution is -2.58. The zero-order valence-electron chi connectivity index (χ0n) is 12.3. The summed E-state index contributed by atoms with van der Waals surface area (Å²) >= 11 is 0. The molecule has 118 valence electrons. The normalized spacial score (nSPS) is 20.7. The molecule has 1 fully saturated rings. The third-order valence-corrected chi connectivity index (χ3v) is 4.36. The van der Waals surface area contributed by atoms with Crippen molar-refractivity contribution in [1.29, 1.82) is 0 Å². The SMILES string of the molecule is CCCC(C)(N)C(=O)N1CCN(CCS(N)(=O)=O)CC1. The van der Waals surface area contributed by atoms with E-state index < -0.39 is 15.6 Å². The number of hydrogen-bond donors (Lipinski definition) is 2. The molecule has 1 aliphatic rings. The van der Waals surface area contributed by atoms with E-state index in [9.17, 15) is 13.2 Å². The van der Waals surface area contributed by atoms with E-state index in [-0.39, 0.29) is 11.7 Å². The van der Waals surface area contributed by atoms with Crippen LogP contribution in [0.1, 0.15) is 26.7 Å². The molecule has 0 saturated carbocycles. The van der Waals surface area contributed by atoms with Gasteiger partial charge in [-0.15, -0.1) is 0 Å². The minimum Gasteiger partial charge on any atom is -0.339 e. The van der Waals surface area contributed by atoms with E-state index >= 15 is 0 Å². The Hall–Kier alpha value is -0.700. The number of nitrogens with zero attached hydrogens (tertiary/aromatic N) is 2. The Balaban J connectivity index is 2.44. The van der Waals surface area contributed by atoms with Crippen molar-refractivity contribution >= 4 is 15.9 Å². The molecular weight excluding hydrogens is 280 g/mol. The van der Waals surface area contributed by atoms with Gasteiger partial charge in [-0.05, 0) is 13.3 Å². The van der Waals surface area contributed by atoms with Crippen molar-refractivity contribution in [3.8, 4) is 0 Å². The van der Waals surface area contributed by atoms with Crippen molar-refractivity contribution in [2.24, 2.45) is 10.9 Å². The summed E-state index contributed by atoms with van der Waals surface area (Å²) in [6.07, 6.45) is 1.53. The summed E-state index contributed by atoms with van der Waals surface area (Å²) in [5, 5.41) is 4.98. The minimum absolute atomic E-state index is 0.0227. The number of piperazine rings is 1. The van der Waals surface area contributed by atoms with Crippen LogP contribution < -0.4 is 10.9 Å². The highest BCUT2D eigenvalue weighted by Crippen LogP contribution is 2.14. The van der Waals surface area contributed by atoms with Crippen LogP contribution in [-0.2, 0) is 14.8 Å². The molecule has 20 heavy (non-hydrogen) atoms. The summed E-state index contributed by atoms with van der Waals surface area (Å²) in [6, 6.07) is 0. The molecular formula is C12H26N4O3S. The first-order chi connectivity index (χ1) is 9.15. The van der Waals surface area contributed by atoms with Crippen molar-refractivity contribution in [3.63, 3.8) is 0 Å². The molecule has 1 heterocycles. The Morgan fingerprint density at radius 1 is 1.25 bits per heavy atom. The maximum atomic E-state index is 12.3. The van der Waals surface area contributed by atoms with Gasteiger partial charge in [-0.3, -0.25) is 9.69 Å². The average molecular weight is 306 g/mol. The van der Waals surface area contributed by atoms with Gasteiger partial charge < -0.3 is 10.6 Å². The van der Waals surface area contributed by atoms with Crippen molar-refractivity contribution in [1.82, 2.24) is 9.80 Å². The lowest BCUT2D eigenvalue weighted by molar-refractivity contribution is -0.138. The van der Waals surface area contributed by atoms with Crippen LogP contribution in [0.2, 0.25) is 0 Å². The molecule has 1 amide bonds. The van der Waals surface area contributed by atoms with Crippen LogP contribution in [0.3, 0.4) is 0 Å². The molecule has 0 aromatic heterocycles. The molecule has 7 nitrogen and oxygen atoms in total. The Bertz CT molecular complexity index is 428. The van der Waals surface area contributed by atoms with Crippen LogP contribution in [0.25, 0.3) is 0 Å². The van der Waals surface area contributed by atoms with E-state index in [4.69, 9.17) is 10.9 Å². The van der Waals surface area contributed by atoms with Gasteiger partial charge in [0.25, 0.3) is 0 Å². The summed E-state index contributed by atoms with van der Waals surface area (Å²) in [4.78, 5) is 16.1. The maximum absolute atomic E-state index is 12.3. The first-order valence-corrected chi connectivity index (χ1v) is 8.68. The standard InChI is InChI=1S/C12H26N4O3S/c1-3-4-12(2,13)11(17)16-7-5-15(6-8-16)9-10-20(14,18)19/h3-10,13H2,1-2H3,(H2,14,18,19). The van der Waals surface area contributed by atoms with Crippen LogP contribution in [0.5, 0.6) is 0 Å². The van der Waals surface area contributed by atoms with Crippen LogP contribution in [0.4, 0.5) is 0 Å². The van der Waals surface area contributed by atoms with E-state index in [0.29, 0.717) is 39.1 Å². The molecule has 1 unspecified atom stereocenters. The van der Waals surface area contributed by atoms with Crippen LogP contribution in [0, 0.1) is 0 Å². The summed E-state index contributed by atoms with van der Waals surface area (Å²) in [5.74, 6) is -0.0729. The maximum Gasteiger partial charge on any atom is 0.242 e. The predicted molar refractivity (Wildman–Crippen MR) is 78.5 cm³/mol. The van der Waals surface area contributed by atoms with E-state index in [1.165, 1.54) is 0 Å². The van der Waals surface area contributed by atoms with E-state index in [2.05, 4.69) is 0 Å². The van der Waals surface area contributed by atoms with Gasteiger partial charge in [-0.1, -0.05) is 13.3 Å². The summed E-state index contributed by atoms with van der Waals surface area (Å²) in [5.41, 5.74) is 5.24. The molecule has 0 aromatic carbocycles. The predicted octanol–water partition coefficient (Wildman–Crippen LogP) is -1.06. The van der Waals surface area contributed by atoms with E-state index in [1.54, 1.807) is 11.8 Å². The largest absolute Gasteiger partial charge is 0.339 e. The van der Waals surface area contributed by atoms with Crippen molar-refractivity contribution < 1.29 is 13.2 Å². The van der Waals surface area contributed by atoms with Gasteiger partial charge in [0.05, 0.1) is 11.3 Å². The number of rotatable bonds is 6. The fourth-order valence-electron chi connectivity index (χ4n) is 2.42. The third kappa shape index (κ3) is 5.35. The number of sulfonamides is 1. The molecule has 1 atom stereocenters. The van der Waals surface area contributed by atoms with Gasteiger partial charge in [0.15, 0.2) is 0 Å². The zero-order chi connectivity index (χ0) is 15.4. The number of primary sulfonamides is 1.